The molecule has 0 aliphatic rings. The van der Waals surface area contributed by atoms with E-state index in [1.165, 1.54) is 6.33 Å². The van der Waals surface area contributed by atoms with E-state index in [1.54, 1.807) is 25.3 Å². The van der Waals surface area contributed by atoms with E-state index in [1.807, 2.05) is 18.2 Å². The molecule has 0 bridgehead atoms. The first-order valence-electron chi connectivity index (χ1n) is 6.18. The van der Waals surface area contributed by atoms with Crippen molar-refractivity contribution in [2.45, 2.75) is 13.5 Å². The van der Waals surface area contributed by atoms with Gasteiger partial charge in [-0.3, -0.25) is 4.72 Å². The minimum absolute atomic E-state index is 0.0563. The second-order valence-electron chi connectivity index (χ2n) is 4.14. The second-order valence-corrected chi connectivity index (χ2v) is 6.15. The van der Waals surface area contributed by atoms with Gasteiger partial charge in [-0.2, -0.15) is 0 Å². The number of nitrogens with one attached hydrogen (secondary N) is 2. The molecule has 0 saturated heterocycles. The summed E-state index contributed by atoms with van der Waals surface area (Å²) in [5.74, 6) is 0.0563. The van der Waals surface area contributed by atoms with Gasteiger partial charge in [-0.25, -0.2) is 18.4 Å². The van der Waals surface area contributed by atoms with Crippen molar-refractivity contribution in [3.8, 4) is 0 Å². The van der Waals surface area contributed by atoms with Crippen molar-refractivity contribution in [3.05, 3.63) is 48.5 Å². The van der Waals surface area contributed by atoms with Crippen LogP contribution in [0.25, 0.3) is 0 Å². The smallest absolute Gasteiger partial charge is 0.232 e. The highest BCUT2D eigenvalue weighted by molar-refractivity contribution is 7.92. The van der Waals surface area contributed by atoms with Gasteiger partial charge in [-0.1, -0.05) is 0 Å². The quantitative estimate of drug-likeness (QED) is 0.849. The van der Waals surface area contributed by atoms with Gasteiger partial charge in [-0.05, 0) is 37.3 Å². The Morgan fingerprint density at radius 3 is 2.40 bits per heavy atom. The van der Waals surface area contributed by atoms with Crippen LogP contribution in [0.1, 0.15) is 12.6 Å². The molecule has 0 aliphatic heterocycles. The molecule has 2 aromatic rings. The maximum atomic E-state index is 11.4. The third-order valence-corrected chi connectivity index (χ3v) is 3.96. The average Bonchev–Trinajstić information content (AvgIpc) is 2.47. The van der Waals surface area contributed by atoms with Crippen LogP contribution >= 0.6 is 0 Å². The molecule has 0 aliphatic carbocycles. The standard InChI is InChI=1S/C13H16N4O2S/c1-2-20(18,19)17-12-5-3-11(4-6-12)15-9-13-7-8-14-10-16-13/h3-8,10,15,17H,2,9H2,1H3. The molecule has 1 heterocycles. The minimum atomic E-state index is -3.23. The van der Waals surface area contributed by atoms with Crippen molar-refractivity contribution in [1.82, 2.24) is 9.97 Å². The van der Waals surface area contributed by atoms with E-state index >= 15 is 0 Å². The maximum absolute atomic E-state index is 11.4. The topological polar surface area (TPSA) is 84.0 Å². The maximum Gasteiger partial charge on any atom is 0.232 e. The number of sulfonamides is 1. The highest BCUT2D eigenvalue weighted by Gasteiger charge is 2.06. The molecule has 2 N–H and O–H groups in total. The number of hydrogen-bond acceptors (Lipinski definition) is 5. The minimum Gasteiger partial charge on any atom is -0.379 e. The number of benzene rings is 1. The summed E-state index contributed by atoms with van der Waals surface area (Å²) in [6.45, 7) is 2.18. The molecular weight excluding hydrogens is 276 g/mol. The van der Waals surface area contributed by atoms with Gasteiger partial charge < -0.3 is 5.32 Å². The van der Waals surface area contributed by atoms with Crippen LogP contribution in [0.3, 0.4) is 0 Å². The lowest BCUT2D eigenvalue weighted by atomic mass is 10.3. The fourth-order valence-corrected chi connectivity index (χ4v) is 2.16. The zero-order valence-corrected chi connectivity index (χ0v) is 11.9. The Morgan fingerprint density at radius 2 is 1.80 bits per heavy atom. The normalized spacial score (nSPS) is 11.1. The van der Waals surface area contributed by atoms with E-state index in [0.29, 0.717) is 12.2 Å². The van der Waals surface area contributed by atoms with Crippen molar-refractivity contribution in [3.63, 3.8) is 0 Å². The number of rotatable bonds is 6. The number of nitrogens with zero attached hydrogens (tertiary/aromatic N) is 2. The summed E-state index contributed by atoms with van der Waals surface area (Å²) in [4.78, 5) is 7.96. The van der Waals surface area contributed by atoms with Crippen molar-refractivity contribution >= 4 is 21.4 Å². The molecule has 0 atom stereocenters. The summed E-state index contributed by atoms with van der Waals surface area (Å²) in [6, 6.07) is 8.89. The fraction of sp³-hybridized carbons (Fsp3) is 0.231. The molecule has 0 saturated carbocycles. The first kappa shape index (κ1) is 14.3. The molecule has 20 heavy (non-hydrogen) atoms. The SMILES string of the molecule is CCS(=O)(=O)Nc1ccc(NCc2ccncn2)cc1. The third kappa shape index (κ3) is 4.20. The first-order chi connectivity index (χ1) is 9.59. The average molecular weight is 292 g/mol. The van der Waals surface area contributed by atoms with Crippen molar-refractivity contribution in [2.24, 2.45) is 0 Å². The predicted molar refractivity (Wildman–Crippen MR) is 78.9 cm³/mol. The van der Waals surface area contributed by atoms with E-state index in [0.717, 1.165) is 11.4 Å². The Labute approximate surface area is 118 Å². The van der Waals surface area contributed by atoms with Gasteiger partial charge in [0.15, 0.2) is 0 Å². The number of hydrogen-bond donors (Lipinski definition) is 2. The van der Waals surface area contributed by atoms with Crippen molar-refractivity contribution in [1.29, 1.82) is 0 Å². The lowest BCUT2D eigenvalue weighted by Crippen LogP contribution is -2.14. The predicted octanol–water partition coefficient (Wildman–Crippen LogP) is 1.85. The Kier molecular flexibility index (Phi) is 4.52. The molecular formula is C13H16N4O2S. The largest absolute Gasteiger partial charge is 0.379 e. The van der Waals surface area contributed by atoms with Crippen LogP contribution in [0.4, 0.5) is 11.4 Å². The van der Waals surface area contributed by atoms with Gasteiger partial charge in [0, 0.05) is 17.6 Å². The van der Waals surface area contributed by atoms with Crippen LogP contribution in [0.15, 0.2) is 42.9 Å². The summed E-state index contributed by atoms with van der Waals surface area (Å²) in [5.41, 5.74) is 2.33. The molecule has 0 spiro atoms. The molecule has 0 unspecified atom stereocenters. The summed E-state index contributed by atoms with van der Waals surface area (Å²) in [6.07, 6.45) is 3.19. The van der Waals surface area contributed by atoms with Gasteiger partial charge in [0.05, 0.1) is 18.0 Å². The van der Waals surface area contributed by atoms with Crippen molar-refractivity contribution < 1.29 is 8.42 Å². The molecule has 6 nitrogen and oxygen atoms in total. The van der Waals surface area contributed by atoms with Crippen LogP contribution in [-0.4, -0.2) is 24.1 Å². The van der Waals surface area contributed by atoms with Gasteiger partial charge in [0.25, 0.3) is 0 Å². The zero-order valence-electron chi connectivity index (χ0n) is 11.1. The van der Waals surface area contributed by atoms with Gasteiger partial charge in [0.2, 0.25) is 10.0 Å². The fourth-order valence-electron chi connectivity index (χ4n) is 1.52. The molecule has 1 aromatic heterocycles. The molecule has 1 aromatic carbocycles. The molecule has 0 radical (unpaired) electrons. The zero-order chi connectivity index (χ0) is 14.4. The molecule has 7 heteroatoms. The molecule has 106 valence electrons. The Morgan fingerprint density at radius 1 is 1.10 bits per heavy atom. The summed E-state index contributed by atoms with van der Waals surface area (Å²) in [7, 11) is -3.23. The van der Waals surface area contributed by atoms with E-state index in [-0.39, 0.29) is 5.75 Å². The van der Waals surface area contributed by atoms with E-state index in [9.17, 15) is 8.42 Å². The Balaban J connectivity index is 1.95. The molecule has 0 amide bonds. The number of aromatic nitrogens is 2. The highest BCUT2D eigenvalue weighted by Crippen LogP contribution is 2.15. The third-order valence-electron chi connectivity index (χ3n) is 2.66. The first-order valence-corrected chi connectivity index (χ1v) is 7.83. The van der Waals surface area contributed by atoms with Gasteiger partial charge in [0.1, 0.15) is 6.33 Å². The van der Waals surface area contributed by atoms with Crippen molar-refractivity contribution in [2.75, 3.05) is 15.8 Å². The lowest BCUT2D eigenvalue weighted by molar-refractivity contribution is 0.602. The van der Waals surface area contributed by atoms with Gasteiger partial charge >= 0.3 is 0 Å². The van der Waals surface area contributed by atoms with Crippen LogP contribution in [0.2, 0.25) is 0 Å². The summed E-state index contributed by atoms with van der Waals surface area (Å²) >= 11 is 0. The van der Waals surface area contributed by atoms with Crippen LogP contribution < -0.4 is 10.0 Å². The summed E-state index contributed by atoms with van der Waals surface area (Å²) < 4.78 is 25.3. The molecule has 2 rings (SSSR count). The van der Waals surface area contributed by atoms with Crippen LogP contribution in [0.5, 0.6) is 0 Å². The monoisotopic (exact) mass is 292 g/mol. The Hall–Kier alpha value is -2.15. The lowest BCUT2D eigenvalue weighted by Gasteiger charge is -2.08. The Bertz CT molecular complexity index is 642. The van der Waals surface area contributed by atoms with Crippen LogP contribution in [0, 0.1) is 0 Å². The highest BCUT2D eigenvalue weighted by atomic mass is 32.2. The number of anilines is 2. The van der Waals surface area contributed by atoms with Crippen LogP contribution in [-0.2, 0) is 16.6 Å². The van der Waals surface area contributed by atoms with Gasteiger partial charge in [-0.15, -0.1) is 0 Å². The van der Waals surface area contributed by atoms with E-state index in [2.05, 4.69) is 20.0 Å². The molecule has 0 fully saturated rings. The summed E-state index contributed by atoms with van der Waals surface area (Å²) in [5, 5.41) is 3.20. The van der Waals surface area contributed by atoms with E-state index in [4.69, 9.17) is 0 Å². The second kappa shape index (κ2) is 6.33. The van der Waals surface area contributed by atoms with E-state index < -0.39 is 10.0 Å².